The quantitative estimate of drug-likeness (QED) is 0.781. The Morgan fingerprint density at radius 3 is 2.68 bits per heavy atom. The number of β-amino-alcohol motifs (C(OH)–C–C–N with tert-alkyl or cyclic N) is 1. The van der Waals surface area contributed by atoms with Gasteiger partial charge in [0.05, 0.1) is 11.7 Å². The van der Waals surface area contributed by atoms with Crippen LogP contribution in [0.4, 0.5) is 28.0 Å². The van der Waals surface area contributed by atoms with Crippen molar-refractivity contribution in [3.63, 3.8) is 0 Å². The van der Waals surface area contributed by atoms with Gasteiger partial charge < -0.3 is 15.3 Å². The van der Waals surface area contributed by atoms with Gasteiger partial charge in [-0.05, 0) is 30.5 Å². The average Bonchev–Trinajstić information content (AvgIpc) is 2.42. The van der Waals surface area contributed by atoms with E-state index >= 15 is 0 Å². The van der Waals surface area contributed by atoms with E-state index < -0.39 is 29.7 Å². The van der Waals surface area contributed by atoms with Gasteiger partial charge in [0.25, 0.3) is 0 Å². The second kappa shape index (κ2) is 6.12. The molecule has 2 amide bonds. The number of aliphatic hydroxyl groups is 1. The zero-order valence-electron chi connectivity index (χ0n) is 11.8. The number of benzene rings is 1. The maximum absolute atomic E-state index is 13.2. The number of rotatable bonds is 1. The number of nitrogens with one attached hydrogen (secondary N) is 1. The third-order valence-corrected chi connectivity index (χ3v) is 3.73. The lowest BCUT2D eigenvalue weighted by molar-refractivity contribution is -0.139. The van der Waals surface area contributed by atoms with Crippen LogP contribution < -0.4 is 5.32 Å². The summed E-state index contributed by atoms with van der Waals surface area (Å²) >= 11 is 0. The van der Waals surface area contributed by atoms with E-state index in [0.717, 1.165) is 6.07 Å². The van der Waals surface area contributed by atoms with Crippen molar-refractivity contribution in [2.24, 2.45) is 5.92 Å². The van der Waals surface area contributed by atoms with Crippen LogP contribution in [-0.4, -0.2) is 35.2 Å². The Kier molecular flexibility index (Phi) is 4.60. The fraction of sp³-hybridized carbons (Fsp3) is 0.500. The van der Waals surface area contributed by atoms with Gasteiger partial charge in [-0.2, -0.15) is 13.2 Å². The van der Waals surface area contributed by atoms with Crippen LogP contribution in [0, 0.1) is 11.7 Å². The van der Waals surface area contributed by atoms with Crippen LogP contribution in [0.5, 0.6) is 0 Å². The van der Waals surface area contributed by atoms with Gasteiger partial charge in [-0.25, -0.2) is 9.18 Å². The van der Waals surface area contributed by atoms with E-state index in [0.29, 0.717) is 25.1 Å². The molecule has 1 aromatic carbocycles. The topological polar surface area (TPSA) is 52.6 Å². The van der Waals surface area contributed by atoms with Crippen molar-refractivity contribution in [2.75, 3.05) is 18.4 Å². The molecule has 2 N–H and O–H groups in total. The van der Waals surface area contributed by atoms with Gasteiger partial charge in [0.15, 0.2) is 0 Å². The molecular formula is C14H16F4N2O2. The van der Waals surface area contributed by atoms with E-state index in [1.807, 2.05) is 6.92 Å². The fourth-order valence-corrected chi connectivity index (χ4v) is 2.26. The van der Waals surface area contributed by atoms with E-state index in [4.69, 9.17) is 0 Å². The molecule has 8 heteroatoms. The lowest BCUT2D eigenvalue weighted by Crippen LogP contribution is -2.47. The van der Waals surface area contributed by atoms with Crippen LogP contribution in [0.1, 0.15) is 18.9 Å². The Morgan fingerprint density at radius 2 is 2.09 bits per heavy atom. The minimum Gasteiger partial charge on any atom is -0.391 e. The smallest absolute Gasteiger partial charge is 0.391 e. The molecule has 0 bridgehead atoms. The first-order valence-electron chi connectivity index (χ1n) is 6.79. The summed E-state index contributed by atoms with van der Waals surface area (Å²) < 4.78 is 51.0. The molecule has 1 aliphatic rings. The number of hydrogen-bond acceptors (Lipinski definition) is 2. The van der Waals surface area contributed by atoms with Crippen LogP contribution in [0.15, 0.2) is 18.2 Å². The predicted octanol–water partition coefficient (Wildman–Crippen LogP) is 3.08. The van der Waals surface area contributed by atoms with Crippen LogP contribution in [0.2, 0.25) is 0 Å². The highest BCUT2D eigenvalue weighted by atomic mass is 19.4. The summed E-state index contributed by atoms with van der Waals surface area (Å²) in [6.07, 6.45) is -4.90. The molecular weight excluding hydrogens is 304 g/mol. The summed E-state index contributed by atoms with van der Waals surface area (Å²) in [5, 5.41) is 12.0. The molecule has 0 saturated carbocycles. The van der Waals surface area contributed by atoms with Crippen molar-refractivity contribution in [1.82, 2.24) is 4.90 Å². The molecule has 4 nitrogen and oxygen atoms in total. The summed E-state index contributed by atoms with van der Waals surface area (Å²) in [7, 11) is 0. The fourth-order valence-electron chi connectivity index (χ4n) is 2.26. The van der Waals surface area contributed by atoms with Crippen LogP contribution >= 0.6 is 0 Å². The number of aliphatic hydroxyl groups excluding tert-OH is 1. The van der Waals surface area contributed by atoms with E-state index in [-0.39, 0.29) is 18.2 Å². The number of likely N-dealkylation sites (tertiary alicyclic amines) is 1. The van der Waals surface area contributed by atoms with Gasteiger partial charge in [0, 0.05) is 18.8 Å². The minimum atomic E-state index is -4.83. The van der Waals surface area contributed by atoms with E-state index in [1.165, 1.54) is 4.90 Å². The third kappa shape index (κ3) is 3.68. The van der Waals surface area contributed by atoms with Crippen molar-refractivity contribution in [1.29, 1.82) is 0 Å². The number of amides is 2. The standard InChI is InChI=1S/C14H16F4N2O2/c1-8-4-5-20(7-12(8)21)13(22)19-9-2-3-11(15)10(6-9)14(16,17)18/h2-3,6,8,12,21H,4-5,7H2,1H3,(H,19,22). The number of carbonyl (C=O) groups excluding carboxylic acids is 1. The molecule has 0 radical (unpaired) electrons. The Labute approximate surface area is 124 Å². The lowest BCUT2D eigenvalue weighted by atomic mass is 9.96. The van der Waals surface area contributed by atoms with E-state index in [1.54, 1.807) is 0 Å². The van der Waals surface area contributed by atoms with Gasteiger partial charge in [-0.15, -0.1) is 0 Å². The maximum atomic E-state index is 13.2. The van der Waals surface area contributed by atoms with E-state index in [2.05, 4.69) is 5.32 Å². The van der Waals surface area contributed by atoms with Crippen molar-refractivity contribution in [3.8, 4) is 0 Å². The number of urea groups is 1. The summed E-state index contributed by atoms with van der Waals surface area (Å²) in [4.78, 5) is 13.3. The molecule has 0 spiro atoms. The Balaban J connectivity index is 2.09. The minimum absolute atomic E-state index is 0.0618. The van der Waals surface area contributed by atoms with E-state index in [9.17, 15) is 27.5 Å². The molecule has 1 aromatic rings. The molecule has 2 rings (SSSR count). The van der Waals surface area contributed by atoms with Crippen molar-refractivity contribution < 1.29 is 27.5 Å². The molecule has 1 heterocycles. The lowest BCUT2D eigenvalue weighted by Gasteiger charge is -2.34. The first kappa shape index (κ1) is 16.5. The summed E-state index contributed by atoms with van der Waals surface area (Å²) in [5.41, 5.74) is -1.58. The zero-order chi connectivity index (χ0) is 16.5. The van der Waals surface area contributed by atoms with Gasteiger partial charge >= 0.3 is 12.2 Å². The van der Waals surface area contributed by atoms with Crippen LogP contribution in [0.3, 0.4) is 0 Å². The van der Waals surface area contributed by atoms with Gasteiger partial charge in [0.2, 0.25) is 0 Å². The summed E-state index contributed by atoms with van der Waals surface area (Å²) in [5.74, 6) is -1.33. The average molecular weight is 320 g/mol. The Morgan fingerprint density at radius 1 is 1.41 bits per heavy atom. The maximum Gasteiger partial charge on any atom is 0.419 e. The number of nitrogens with zero attached hydrogens (tertiary/aromatic N) is 1. The molecule has 1 aliphatic heterocycles. The third-order valence-electron chi connectivity index (χ3n) is 3.73. The SMILES string of the molecule is CC1CCN(C(=O)Nc2ccc(F)c(C(F)(F)F)c2)CC1O. The Bertz CT molecular complexity index is 562. The highest BCUT2D eigenvalue weighted by Gasteiger charge is 2.34. The molecule has 0 aliphatic carbocycles. The Hall–Kier alpha value is -1.83. The summed E-state index contributed by atoms with van der Waals surface area (Å²) in [6.45, 7) is 2.37. The van der Waals surface area contributed by atoms with Crippen molar-refractivity contribution in [3.05, 3.63) is 29.6 Å². The predicted molar refractivity (Wildman–Crippen MR) is 71.8 cm³/mol. The monoisotopic (exact) mass is 320 g/mol. The molecule has 2 unspecified atom stereocenters. The summed E-state index contributed by atoms with van der Waals surface area (Å²) in [6, 6.07) is 1.65. The normalized spacial score (nSPS) is 22.5. The first-order valence-corrected chi connectivity index (χ1v) is 6.79. The molecule has 0 aromatic heterocycles. The van der Waals surface area contributed by atoms with Gasteiger partial charge in [-0.3, -0.25) is 0 Å². The first-order chi connectivity index (χ1) is 10.2. The van der Waals surface area contributed by atoms with Crippen molar-refractivity contribution >= 4 is 11.7 Å². The molecule has 1 saturated heterocycles. The van der Waals surface area contributed by atoms with Gasteiger partial charge in [0.1, 0.15) is 5.82 Å². The molecule has 1 fully saturated rings. The molecule has 22 heavy (non-hydrogen) atoms. The zero-order valence-corrected chi connectivity index (χ0v) is 11.8. The number of carbonyl (C=O) groups is 1. The second-order valence-corrected chi connectivity index (χ2v) is 5.40. The highest BCUT2D eigenvalue weighted by Crippen LogP contribution is 2.33. The van der Waals surface area contributed by atoms with Crippen molar-refractivity contribution in [2.45, 2.75) is 25.6 Å². The van der Waals surface area contributed by atoms with Crippen LogP contribution in [0.25, 0.3) is 0 Å². The number of piperidine rings is 1. The number of alkyl halides is 3. The highest BCUT2D eigenvalue weighted by molar-refractivity contribution is 5.89. The van der Waals surface area contributed by atoms with Gasteiger partial charge in [-0.1, -0.05) is 6.92 Å². The number of halogens is 4. The number of hydrogen-bond donors (Lipinski definition) is 2. The largest absolute Gasteiger partial charge is 0.419 e. The molecule has 122 valence electrons. The second-order valence-electron chi connectivity index (χ2n) is 5.40. The number of anilines is 1. The molecule has 2 atom stereocenters. The van der Waals surface area contributed by atoms with Crippen LogP contribution in [-0.2, 0) is 6.18 Å².